The molecular weight excluding hydrogens is 492 g/mol. The molecule has 4 rings (SSSR count). The fourth-order valence-corrected chi connectivity index (χ4v) is 5.59. The summed E-state index contributed by atoms with van der Waals surface area (Å²) >= 11 is 0. The van der Waals surface area contributed by atoms with E-state index in [0.29, 0.717) is 19.1 Å². The highest BCUT2D eigenvalue weighted by Crippen LogP contribution is 2.31. The first kappa shape index (κ1) is 28.9. The molecule has 212 valence electrons. The maximum atomic E-state index is 13.4. The van der Waals surface area contributed by atoms with E-state index in [2.05, 4.69) is 47.6 Å². The van der Waals surface area contributed by atoms with Gasteiger partial charge in [-0.25, -0.2) is 4.79 Å². The Morgan fingerprint density at radius 3 is 2.64 bits per heavy atom. The first-order valence-electron chi connectivity index (χ1n) is 14.2. The number of hydrogen-bond acceptors (Lipinski definition) is 6. The van der Waals surface area contributed by atoms with Crippen LogP contribution in [0.4, 0.5) is 10.5 Å². The van der Waals surface area contributed by atoms with E-state index in [1.54, 1.807) is 7.05 Å². The van der Waals surface area contributed by atoms with E-state index < -0.39 is 6.09 Å². The Kier molecular flexibility index (Phi) is 10.2. The minimum absolute atomic E-state index is 0.0189. The van der Waals surface area contributed by atoms with Gasteiger partial charge in [0.2, 0.25) is 5.91 Å². The molecule has 2 aliphatic rings. The number of amides is 2. The summed E-state index contributed by atoms with van der Waals surface area (Å²) in [6, 6.07) is 14.9. The van der Waals surface area contributed by atoms with Crippen LogP contribution in [-0.4, -0.2) is 69.4 Å². The number of hydrogen-bond donors (Lipinski definition) is 2. The topological polar surface area (TPSA) is 83.1 Å². The van der Waals surface area contributed by atoms with Crippen molar-refractivity contribution in [2.75, 3.05) is 45.2 Å². The van der Waals surface area contributed by atoms with Gasteiger partial charge >= 0.3 is 6.09 Å². The van der Waals surface area contributed by atoms with Gasteiger partial charge in [0.05, 0.1) is 12.7 Å². The maximum absolute atomic E-state index is 13.4. The third-order valence-electron chi connectivity index (χ3n) is 7.94. The molecule has 8 nitrogen and oxygen atoms in total. The van der Waals surface area contributed by atoms with Crippen LogP contribution >= 0.6 is 0 Å². The van der Waals surface area contributed by atoms with Crippen molar-refractivity contribution in [2.24, 2.45) is 5.92 Å². The Labute approximate surface area is 233 Å². The lowest BCUT2D eigenvalue weighted by molar-refractivity contribution is -0.123. The second kappa shape index (κ2) is 13.8. The van der Waals surface area contributed by atoms with Crippen molar-refractivity contribution in [3.63, 3.8) is 0 Å². The Hall–Kier alpha value is -3.10. The SMILES string of the molecule is CNC(=O)OCCc1cccc(OC2CCC(C(=O)N(C)c3ccc(CN4CCN[C@@H](C)C4)c(C)c3)CC2)c1. The zero-order valence-electron chi connectivity index (χ0n) is 23.9. The molecule has 2 aromatic rings. The van der Waals surface area contributed by atoms with Crippen molar-refractivity contribution in [3.05, 3.63) is 59.2 Å². The molecule has 2 amide bonds. The summed E-state index contributed by atoms with van der Waals surface area (Å²) in [4.78, 5) is 28.9. The van der Waals surface area contributed by atoms with Gasteiger partial charge in [0.15, 0.2) is 0 Å². The van der Waals surface area contributed by atoms with E-state index in [-0.39, 0.29) is 17.9 Å². The molecule has 0 bridgehead atoms. The van der Waals surface area contributed by atoms with Gasteiger partial charge in [-0.3, -0.25) is 9.69 Å². The van der Waals surface area contributed by atoms with Crippen LogP contribution in [0.1, 0.15) is 49.3 Å². The lowest BCUT2D eigenvalue weighted by atomic mass is 9.86. The lowest BCUT2D eigenvalue weighted by Crippen LogP contribution is -2.48. The standard InChI is InChI=1S/C31H44N4O4/c1-22-18-27(11-8-26(22)21-35-16-15-33-23(2)20-35)34(4)30(36)25-9-12-28(13-10-25)39-29-7-5-6-24(19-29)14-17-38-31(37)32-3/h5-8,11,18-19,23,25,28,33H,9-10,12-17,20-21H2,1-4H3,(H,32,37)/t23-,25?,28?/m0/s1. The molecule has 0 radical (unpaired) electrons. The van der Waals surface area contributed by atoms with Gasteiger partial charge in [-0.15, -0.1) is 0 Å². The number of alkyl carbamates (subject to hydrolysis) is 1. The number of ether oxygens (including phenoxy) is 2. The molecule has 1 aliphatic heterocycles. The van der Waals surface area contributed by atoms with Crippen molar-refractivity contribution in [2.45, 2.75) is 64.6 Å². The van der Waals surface area contributed by atoms with Crippen LogP contribution in [0.5, 0.6) is 5.75 Å². The van der Waals surface area contributed by atoms with Gasteiger partial charge < -0.3 is 25.0 Å². The highest BCUT2D eigenvalue weighted by molar-refractivity contribution is 5.94. The number of benzene rings is 2. The van der Waals surface area contributed by atoms with Gasteiger partial charge in [-0.1, -0.05) is 18.2 Å². The molecule has 2 aromatic carbocycles. The van der Waals surface area contributed by atoms with E-state index in [4.69, 9.17) is 9.47 Å². The molecule has 8 heteroatoms. The number of rotatable bonds is 9. The van der Waals surface area contributed by atoms with Crippen molar-refractivity contribution in [1.82, 2.24) is 15.5 Å². The van der Waals surface area contributed by atoms with E-state index in [1.165, 1.54) is 11.1 Å². The van der Waals surface area contributed by atoms with Crippen LogP contribution < -0.4 is 20.3 Å². The maximum Gasteiger partial charge on any atom is 0.406 e. The Bertz CT molecular complexity index is 1120. The highest BCUT2D eigenvalue weighted by atomic mass is 16.5. The van der Waals surface area contributed by atoms with Crippen LogP contribution in [-0.2, 0) is 22.5 Å². The number of nitrogens with one attached hydrogen (secondary N) is 2. The zero-order chi connectivity index (χ0) is 27.8. The summed E-state index contributed by atoms with van der Waals surface area (Å²) in [6.45, 7) is 8.81. The van der Waals surface area contributed by atoms with Gasteiger partial charge in [0.25, 0.3) is 0 Å². The molecule has 2 N–H and O–H groups in total. The third-order valence-corrected chi connectivity index (χ3v) is 7.94. The lowest BCUT2D eigenvalue weighted by Gasteiger charge is -2.32. The first-order valence-corrected chi connectivity index (χ1v) is 14.2. The molecule has 1 saturated heterocycles. The number of aryl methyl sites for hydroxylation is 1. The molecule has 0 spiro atoms. The van der Waals surface area contributed by atoms with Crippen LogP contribution in [0.3, 0.4) is 0 Å². The number of anilines is 1. The summed E-state index contributed by atoms with van der Waals surface area (Å²) in [5, 5.41) is 5.95. The predicted octanol–water partition coefficient (Wildman–Crippen LogP) is 4.29. The van der Waals surface area contributed by atoms with Crippen LogP contribution in [0.15, 0.2) is 42.5 Å². The predicted molar refractivity (Wildman–Crippen MR) is 154 cm³/mol. The monoisotopic (exact) mass is 536 g/mol. The fourth-order valence-electron chi connectivity index (χ4n) is 5.59. The summed E-state index contributed by atoms with van der Waals surface area (Å²) in [7, 11) is 3.45. The fraction of sp³-hybridized carbons (Fsp3) is 0.548. The number of piperazine rings is 1. The Morgan fingerprint density at radius 1 is 1.13 bits per heavy atom. The summed E-state index contributed by atoms with van der Waals surface area (Å²) in [5.74, 6) is 1.03. The quantitative estimate of drug-likeness (QED) is 0.498. The molecule has 2 fully saturated rings. The molecule has 1 atom stereocenters. The van der Waals surface area contributed by atoms with Crippen LogP contribution in [0.25, 0.3) is 0 Å². The second-order valence-electron chi connectivity index (χ2n) is 11.0. The zero-order valence-corrected chi connectivity index (χ0v) is 23.9. The Balaban J connectivity index is 1.25. The molecular formula is C31H44N4O4. The van der Waals surface area contributed by atoms with E-state index in [9.17, 15) is 9.59 Å². The second-order valence-corrected chi connectivity index (χ2v) is 11.0. The van der Waals surface area contributed by atoms with Gasteiger partial charge in [-0.2, -0.15) is 0 Å². The van der Waals surface area contributed by atoms with Crippen molar-refractivity contribution < 1.29 is 19.1 Å². The highest BCUT2D eigenvalue weighted by Gasteiger charge is 2.30. The molecule has 0 unspecified atom stereocenters. The smallest absolute Gasteiger partial charge is 0.406 e. The number of nitrogens with zero attached hydrogens (tertiary/aromatic N) is 2. The average Bonchev–Trinajstić information content (AvgIpc) is 2.94. The van der Waals surface area contributed by atoms with E-state index in [0.717, 1.165) is 68.9 Å². The number of carbonyl (C=O) groups is 2. The number of carbonyl (C=O) groups excluding carboxylic acids is 2. The summed E-state index contributed by atoms with van der Waals surface area (Å²) < 4.78 is 11.3. The molecule has 1 saturated carbocycles. The van der Waals surface area contributed by atoms with Gasteiger partial charge in [0.1, 0.15) is 5.75 Å². The molecule has 1 aliphatic carbocycles. The minimum Gasteiger partial charge on any atom is -0.490 e. The van der Waals surface area contributed by atoms with Crippen LogP contribution in [0, 0.1) is 12.8 Å². The van der Waals surface area contributed by atoms with Crippen molar-refractivity contribution in [3.8, 4) is 5.75 Å². The normalized spacial score (nSPS) is 21.7. The third kappa shape index (κ3) is 8.19. The molecule has 0 aromatic heterocycles. The van der Waals surface area contributed by atoms with Crippen molar-refractivity contribution in [1.29, 1.82) is 0 Å². The largest absolute Gasteiger partial charge is 0.490 e. The van der Waals surface area contributed by atoms with E-state index in [1.807, 2.05) is 36.2 Å². The minimum atomic E-state index is -0.424. The van der Waals surface area contributed by atoms with Crippen molar-refractivity contribution >= 4 is 17.7 Å². The average molecular weight is 537 g/mol. The van der Waals surface area contributed by atoms with Gasteiger partial charge in [-0.05, 0) is 80.5 Å². The van der Waals surface area contributed by atoms with Crippen LogP contribution in [0.2, 0.25) is 0 Å². The summed E-state index contributed by atoms with van der Waals surface area (Å²) in [5.41, 5.74) is 4.59. The molecule has 1 heterocycles. The Morgan fingerprint density at radius 2 is 1.92 bits per heavy atom. The van der Waals surface area contributed by atoms with Gasteiger partial charge in [0, 0.05) is 64.3 Å². The summed E-state index contributed by atoms with van der Waals surface area (Å²) in [6.07, 6.45) is 3.67. The molecule has 39 heavy (non-hydrogen) atoms. The first-order chi connectivity index (χ1) is 18.8. The van der Waals surface area contributed by atoms with E-state index >= 15 is 0 Å².